The first kappa shape index (κ1) is 13.7. The second kappa shape index (κ2) is 5.97. The maximum Gasteiger partial charge on any atom is 0.296 e. The number of hydrogen-bond donors (Lipinski definition) is 1. The molecule has 0 aliphatic heterocycles. The number of ether oxygens (including phenoxy) is 1. The maximum atomic E-state index is 12.7. The summed E-state index contributed by atoms with van der Waals surface area (Å²) in [4.78, 5) is 23.7. The minimum Gasteiger partial charge on any atom is -0.497 e. The molecule has 2 aromatic carbocycles. The molecule has 0 aromatic heterocycles. The molecule has 0 heterocycles. The number of amides is 1. The Kier molecular flexibility index (Phi) is 4.10. The van der Waals surface area contributed by atoms with Crippen molar-refractivity contribution in [2.75, 3.05) is 12.4 Å². The molecule has 0 spiro atoms. The Labute approximate surface area is 115 Å². The lowest BCUT2D eigenvalue weighted by atomic mass is 10.1. The van der Waals surface area contributed by atoms with Gasteiger partial charge in [-0.2, -0.15) is 0 Å². The van der Waals surface area contributed by atoms with Gasteiger partial charge in [0.25, 0.3) is 11.7 Å². The van der Waals surface area contributed by atoms with E-state index in [4.69, 9.17) is 4.74 Å². The van der Waals surface area contributed by atoms with E-state index in [9.17, 15) is 14.0 Å². The topological polar surface area (TPSA) is 55.4 Å². The monoisotopic (exact) mass is 273 g/mol. The molecule has 0 bridgehead atoms. The minimum absolute atomic E-state index is 0.226. The number of methoxy groups -OCH3 is 1. The van der Waals surface area contributed by atoms with Gasteiger partial charge < -0.3 is 10.1 Å². The number of ketones is 1. The van der Waals surface area contributed by atoms with E-state index in [-0.39, 0.29) is 5.56 Å². The number of hydrogen-bond acceptors (Lipinski definition) is 3. The first-order chi connectivity index (χ1) is 9.60. The fourth-order valence-corrected chi connectivity index (χ4v) is 1.62. The molecule has 0 saturated carbocycles. The van der Waals surface area contributed by atoms with Crippen molar-refractivity contribution < 1.29 is 18.7 Å². The van der Waals surface area contributed by atoms with E-state index in [1.165, 1.54) is 43.5 Å². The molecule has 2 aromatic rings. The summed E-state index contributed by atoms with van der Waals surface area (Å²) in [7, 11) is 1.47. The van der Waals surface area contributed by atoms with Crippen molar-refractivity contribution in [3.8, 4) is 5.75 Å². The number of nitrogens with one attached hydrogen (secondary N) is 1. The van der Waals surface area contributed by atoms with Crippen LogP contribution < -0.4 is 10.1 Å². The van der Waals surface area contributed by atoms with E-state index >= 15 is 0 Å². The van der Waals surface area contributed by atoms with Crippen molar-refractivity contribution in [1.29, 1.82) is 0 Å². The van der Waals surface area contributed by atoms with Crippen LogP contribution in [-0.4, -0.2) is 18.8 Å². The van der Waals surface area contributed by atoms with Gasteiger partial charge >= 0.3 is 0 Å². The molecule has 0 fully saturated rings. The fourth-order valence-electron chi connectivity index (χ4n) is 1.62. The van der Waals surface area contributed by atoms with Crippen LogP contribution in [0.4, 0.5) is 10.1 Å². The van der Waals surface area contributed by atoms with Crippen molar-refractivity contribution in [2.24, 2.45) is 0 Å². The Morgan fingerprint density at radius 1 is 1.10 bits per heavy atom. The molecule has 0 radical (unpaired) electrons. The van der Waals surface area contributed by atoms with Crippen LogP contribution in [0.5, 0.6) is 5.75 Å². The van der Waals surface area contributed by atoms with Crippen molar-refractivity contribution >= 4 is 17.4 Å². The van der Waals surface area contributed by atoms with Crippen LogP contribution in [0, 0.1) is 5.82 Å². The molecule has 1 amide bonds. The highest BCUT2D eigenvalue weighted by atomic mass is 19.1. The van der Waals surface area contributed by atoms with E-state index in [1.807, 2.05) is 0 Å². The van der Waals surface area contributed by atoms with Crippen molar-refractivity contribution in [3.05, 3.63) is 59.9 Å². The van der Waals surface area contributed by atoms with Crippen LogP contribution in [0.1, 0.15) is 10.4 Å². The van der Waals surface area contributed by atoms with Gasteiger partial charge in [0.2, 0.25) is 0 Å². The van der Waals surface area contributed by atoms with Crippen molar-refractivity contribution in [3.63, 3.8) is 0 Å². The summed E-state index contributed by atoms with van der Waals surface area (Å²) in [5.41, 5.74) is 0.580. The number of halogens is 1. The van der Waals surface area contributed by atoms with Gasteiger partial charge in [-0.25, -0.2) is 4.39 Å². The lowest BCUT2D eigenvalue weighted by Crippen LogP contribution is -2.22. The van der Waals surface area contributed by atoms with Crippen LogP contribution in [0.3, 0.4) is 0 Å². The molecule has 0 aliphatic rings. The van der Waals surface area contributed by atoms with Gasteiger partial charge in [0.05, 0.1) is 7.11 Å². The number of carbonyl (C=O) groups is 2. The minimum atomic E-state index is -0.787. The molecule has 1 N–H and O–H groups in total. The Balaban J connectivity index is 2.12. The third-order valence-electron chi connectivity index (χ3n) is 2.64. The zero-order valence-corrected chi connectivity index (χ0v) is 10.7. The quantitative estimate of drug-likeness (QED) is 0.688. The Bertz CT molecular complexity index is 638. The second-order valence-electron chi connectivity index (χ2n) is 4.02. The van der Waals surface area contributed by atoms with Gasteiger partial charge in [-0.3, -0.25) is 9.59 Å². The van der Waals surface area contributed by atoms with E-state index in [1.54, 1.807) is 12.1 Å². The van der Waals surface area contributed by atoms with Crippen LogP contribution >= 0.6 is 0 Å². The molecule has 20 heavy (non-hydrogen) atoms. The van der Waals surface area contributed by atoms with E-state index in [0.717, 1.165) is 0 Å². The Morgan fingerprint density at radius 2 is 1.80 bits per heavy atom. The summed E-state index contributed by atoms with van der Waals surface area (Å²) in [5, 5.41) is 2.41. The third-order valence-corrected chi connectivity index (χ3v) is 2.64. The van der Waals surface area contributed by atoms with Crippen LogP contribution in [0.2, 0.25) is 0 Å². The smallest absolute Gasteiger partial charge is 0.296 e. The van der Waals surface area contributed by atoms with Gasteiger partial charge in [0, 0.05) is 11.3 Å². The molecular weight excluding hydrogens is 261 g/mol. The number of rotatable bonds is 4. The number of carbonyl (C=O) groups excluding carboxylic acids is 2. The lowest BCUT2D eigenvalue weighted by Gasteiger charge is -2.05. The van der Waals surface area contributed by atoms with E-state index in [0.29, 0.717) is 11.4 Å². The van der Waals surface area contributed by atoms with Gasteiger partial charge in [0.15, 0.2) is 0 Å². The SMILES string of the molecule is COc1cccc(C(=O)C(=O)Nc2ccc(F)cc2)c1. The zero-order valence-electron chi connectivity index (χ0n) is 10.7. The molecule has 0 atom stereocenters. The Hall–Kier alpha value is -2.69. The number of anilines is 1. The first-order valence-corrected chi connectivity index (χ1v) is 5.85. The molecule has 5 heteroatoms. The van der Waals surface area contributed by atoms with Crippen molar-refractivity contribution in [1.82, 2.24) is 0 Å². The Morgan fingerprint density at radius 3 is 2.45 bits per heavy atom. The summed E-state index contributed by atoms with van der Waals surface area (Å²) in [6, 6.07) is 11.5. The fraction of sp³-hybridized carbons (Fsp3) is 0.0667. The van der Waals surface area contributed by atoms with Crippen molar-refractivity contribution in [2.45, 2.75) is 0 Å². The first-order valence-electron chi connectivity index (χ1n) is 5.85. The van der Waals surface area contributed by atoms with Gasteiger partial charge in [0.1, 0.15) is 11.6 Å². The molecule has 102 valence electrons. The van der Waals surface area contributed by atoms with E-state index < -0.39 is 17.5 Å². The largest absolute Gasteiger partial charge is 0.497 e. The predicted molar refractivity (Wildman–Crippen MR) is 72.4 cm³/mol. The summed E-state index contributed by atoms with van der Waals surface area (Å²) in [6.45, 7) is 0. The van der Waals surface area contributed by atoms with Crippen LogP contribution in [0.15, 0.2) is 48.5 Å². The molecule has 4 nitrogen and oxygen atoms in total. The highest BCUT2D eigenvalue weighted by Crippen LogP contribution is 2.14. The molecular formula is C15H12FNO3. The van der Waals surface area contributed by atoms with Crippen LogP contribution in [-0.2, 0) is 4.79 Å². The zero-order chi connectivity index (χ0) is 14.5. The molecule has 0 saturated heterocycles. The summed E-state index contributed by atoms with van der Waals surface area (Å²) >= 11 is 0. The second-order valence-corrected chi connectivity index (χ2v) is 4.02. The maximum absolute atomic E-state index is 12.7. The molecule has 2 rings (SSSR count). The van der Waals surface area contributed by atoms with Gasteiger partial charge in [-0.15, -0.1) is 0 Å². The normalized spacial score (nSPS) is 9.90. The van der Waals surface area contributed by atoms with Gasteiger partial charge in [-0.05, 0) is 36.4 Å². The average Bonchev–Trinajstić information content (AvgIpc) is 2.48. The average molecular weight is 273 g/mol. The third kappa shape index (κ3) is 3.20. The standard InChI is InChI=1S/C15H12FNO3/c1-20-13-4-2-3-10(9-13)14(18)15(19)17-12-7-5-11(16)6-8-12/h2-9H,1H3,(H,17,19). The number of benzene rings is 2. The highest BCUT2D eigenvalue weighted by Gasteiger charge is 2.16. The van der Waals surface area contributed by atoms with E-state index in [2.05, 4.69) is 5.32 Å². The summed E-state index contributed by atoms with van der Waals surface area (Å²) < 4.78 is 17.7. The summed E-state index contributed by atoms with van der Waals surface area (Å²) in [5.74, 6) is -1.40. The number of Topliss-reactive ketones (excluding diaryl/α,β-unsaturated/α-hetero) is 1. The molecule has 0 aliphatic carbocycles. The van der Waals surface area contributed by atoms with Gasteiger partial charge in [-0.1, -0.05) is 12.1 Å². The lowest BCUT2D eigenvalue weighted by molar-refractivity contribution is -0.112. The highest BCUT2D eigenvalue weighted by molar-refractivity contribution is 6.46. The molecule has 0 unspecified atom stereocenters. The van der Waals surface area contributed by atoms with Crippen LogP contribution in [0.25, 0.3) is 0 Å². The summed E-state index contributed by atoms with van der Waals surface area (Å²) in [6.07, 6.45) is 0. The predicted octanol–water partition coefficient (Wildman–Crippen LogP) is 2.66.